The van der Waals surface area contributed by atoms with E-state index in [1.54, 1.807) is 43.2 Å². The molecule has 0 radical (unpaired) electrons. The lowest BCUT2D eigenvalue weighted by atomic mass is 9.92. The van der Waals surface area contributed by atoms with Gasteiger partial charge in [-0.05, 0) is 44.0 Å². The van der Waals surface area contributed by atoms with Crippen molar-refractivity contribution in [3.8, 4) is 11.4 Å². The zero-order chi connectivity index (χ0) is 27.9. The lowest BCUT2D eigenvalue weighted by Crippen LogP contribution is -2.41. The molecule has 0 aliphatic heterocycles. The standard InChI is InChI=1S/C29H39N5O4/c1-20-12-13-24(21(2)16-20)34-26(18-25(32-34)29(3,4)5)31-27(35)19-33(14-9-15-37-6)28(36)30-22-10-8-11-23(17-22)38-7/h8,10-13,16-18H,9,14-15,19H2,1-7H3,(H,30,36)(H,31,35). The van der Waals surface area contributed by atoms with E-state index in [4.69, 9.17) is 14.6 Å². The van der Waals surface area contributed by atoms with Crippen LogP contribution in [-0.2, 0) is 14.9 Å². The Kier molecular flexibility index (Phi) is 9.52. The van der Waals surface area contributed by atoms with Crippen LogP contribution in [0.5, 0.6) is 5.75 Å². The summed E-state index contributed by atoms with van der Waals surface area (Å²) < 4.78 is 12.2. The highest BCUT2D eigenvalue weighted by molar-refractivity contribution is 5.97. The smallest absolute Gasteiger partial charge is 0.322 e. The highest BCUT2D eigenvalue weighted by atomic mass is 16.5. The van der Waals surface area contributed by atoms with E-state index in [-0.39, 0.29) is 23.9 Å². The predicted octanol–water partition coefficient (Wildman–Crippen LogP) is 5.30. The van der Waals surface area contributed by atoms with E-state index >= 15 is 0 Å². The molecule has 2 aromatic carbocycles. The minimum atomic E-state index is -0.386. The van der Waals surface area contributed by atoms with Gasteiger partial charge in [-0.3, -0.25) is 4.79 Å². The molecule has 0 fully saturated rings. The molecule has 0 spiro atoms. The number of hydrogen-bond donors (Lipinski definition) is 2. The molecule has 1 aromatic heterocycles. The number of benzene rings is 2. The Morgan fingerprint density at radius 1 is 1.03 bits per heavy atom. The zero-order valence-corrected chi connectivity index (χ0v) is 23.4. The molecule has 0 aliphatic rings. The van der Waals surface area contributed by atoms with Gasteiger partial charge in [0.2, 0.25) is 5.91 Å². The molecule has 0 unspecified atom stereocenters. The Bertz CT molecular complexity index is 1260. The Labute approximate surface area is 225 Å². The lowest BCUT2D eigenvalue weighted by molar-refractivity contribution is -0.116. The van der Waals surface area contributed by atoms with Gasteiger partial charge < -0.3 is 25.0 Å². The molecule has 0 atom stereocenters. The maximum absolute atomic E-state index is 13.3. The summed E-state index contributed by atoms with van der Waals surface area (Å²) in [6.07, 6.45) is 0.587. The summed E-state index contributed by atoms with van der Waals surface area (Å²) in [7, 11) is 3.17. The molecular formula is C29H39N5O4. The molecule has 1 heterocycles. The highest BCUT2D eigenvalue weighted by Crippen LogP contribution is 2.28. The van der Waals surface area contributed by atoms with Crippen molar-refractivity contribution >= 4 is 23.4 Å². The van der Waals surface area contributed by atoms with Crippen molar-refractivity contribution in [2.75, 3.05) is 44.5 Å². The van der Waals surface area contributed by atoms with Crippen molar-refractivity contribution in [3.05, 3.63) is 65.4 Å². The summed E-state index contributed by atoms with van der Waals surface area (Å²) in [5.41, 5.74) is 4.28. The number of methoxy groups -OCH3 is 2. The van der Waals surface area contributed by atoms with Gasteiger partial charge in [0.25, 0.3) is 0 Å². The first-order valence-corrected chi connectivity index (χ1v) is 12.7. The van der Waals surface area contributed by atoms with Crippen LogP contribution in [0.3, 0.4) is 0 Å². The van der Waals surface area contributed by atoms with Crippen LogP contribution >= 0.6 is 0 Å². The molecule has 3 aromatic rings. The van der Waals surface area contributed by atoms with E-state index in [0.717, 1.165) is 22.5 Å². The van der Waals surface area contributed by atoms with E-state index < -0.39 is 0 Å². The molecule has 9 heteroatoms. The second kappa shape index (κ2) is 12.6. The largest absolute Gasteiger partial charge is 0.497 e. The molecule has 3 rings (SSSR count). The fourth-order valence-electron chi connectivity index (χ4n) is 3.97. The number of nitrogens with one attached hydrogen (secondary N) is 2. The summed E-state index contributed by atoms with van der Waals surface area (Å²) in [5.74, 6) is 0.854. The Hall–Kier alpha value is -3.85. The minimum absolute atomic E-state index is 0.136. The van der Waals surface area contributed by atoms with E-state index in [9.17, 15) is 9.59 Å². The SMILES string of the molecule is COCCCN(CC(=O)Nc1cc(C(C)(C)C)nn1-c1ccc(C)cc1C)C(=O)Nc1cccc(OC)c1. The van der Waals surface area contributed by atoms with Crippen molar-refractivity contribution < 1.29 is 19.1 Å². The fraction of sp³-hybridized carbons (Fsp3) is 0.414. The van der Waals surface area contributed by atoms with Gasteiger partial charge in [-0.1, -0.05) is 44.5 Å². The number of urea groups is 1. The molecule has 204 valence electrons. The van der Waals surface area contributed by atoms with Crippen LogP contribution < -0.4 is 15.4 Å². The molecule has 3 amide bonds. The summed E-state index contributed by atoms with van der Waals surface area (Å²) in [6.45, 7) is 11.0. The van der Waals surface area contributed by atoms with Crippen LogP contribution in [0.25, 0.3) is 5.69 Å². The quantitative estimate of drug-likeness (QED) is 0.353. The third kappa shape index (κ3) is 7.58. The van der Waals surface area contributed by atoms with Crippen LogP contribution in [-0.4, -0.2) is 60.5 Å². The molecule has 9 nitrogen and oxygen atoms in total. The number of nitrogens with zero attached hydrogens (tertiary/aromatic N) is 3. The monoisotopic (exact) mass is 521 g/mol. The van der Waals surface area contributed by atoms with Gasteiger partial charge in [-0.25, -0.2) is 9.48 Å². The van der Waals surface area contributed by atoms with E-state index in [1.165, 1.54) is 4.90 Å². The summed E-state index contributed by atoms with van der Waals surface area (Å²) in [5, 5.41) is 10.7. The number of anilines is 2. The van der Waals surface area contributed by atoms with Gasteiger partial charge >= 0.3 is 6.03 Å². The number of ether oxygens (including phenoxy) is 2. The third-order valence-electron chi connectivity index (χ3n) is 6.04. The Morgan fingerprint density at radius 2 is 1.79 bits per heavy atom. The third-order valence-corrected chi connectivity index (χ3v) is 6.04. The van der Waals surface area contributed by atoms with Gasteiger partial charge in [-0.15, -0.1) is 0 Å². The van der Waals surface area contributed by atoms with Crippen LogP contribution in [0.15, 0.2) is 48.5 Å². The van der Waals surface area contributed by atoms with Crippen molar-refractivity contribution in [3.63, 3.8) is 0 Å². The number of carbonyl (C=O) groups excluding carboxylic acids is 2. The normalized spacial score (nSPS) is 11.2. The Balaban J connectivity index is 1.83. The molecular weight excluding hydrogens is 482 g/mol. The van der Waals surface area contributed by atoms with Crippen LogP contribution in [0, 0.1) is 13.8 Å². The maximum Gasteiger partial charge on any atom is 0.322 e. The van der Waals surface area contributed by atoms with Crippen molar-refractivity contribution in [1.82, 2.24) is 14.7 Å². The van der Waals surface area contributed by atoms with Gasteiger partial charge in [0.15, 0.2) is 0 Å². The molecule has 38 heavy (non-hydrogen) atoms. The number of aryl methyl sites for hydroxylation is 2. The zero-order valence-electron chi connectivity index (χ0n) is 23.4. The van der Waals surface area contributed by atoms with Gasteiger partial charge in [-0.2, -0.15) is 5.10 Å². The van der Waals surface area contributed by atoms with Crippen LogP contribution in [0.4, 0.5) is 16.3 Å². The van der Waals surface area contributed by atoms with Gasteiger partial charge in [0, 0.05) is 43.5 Å². The van der Waals surface area contributed by atoms with E-state index in [1.807, 2.05) is 32.0 Å². The first-order valence-electron chi connectivity index (χ1n) is 12.7. The number of amides is 3. The van der Waals surface area contributed by atoms with Crippen molar-refractivity contribution in [2.24, 2.45) is 0 Å². The molecule has 0 saturated carbocycles. The van der Waals surface area contributed by atoms with Crippen molar-refractivity contribution in [1.29, 1.82) is 0 Å². The number of carbonyl (C=O) groups is 2. The highest BCUT2D eigenvalue weighted by Gasteiger charge is 2.24. The second-order valence-corrected chi connectivity index (χ2v) is 10.3. The maximum atomic E-state index is 13.3. The number of hydrogen-bond acceptors (Lipinski definition) is 5. The number of aromatic nitrogens is 2. The lowest BCUT2D eigenvalue weighted by Gasteiger charge is -2.23. The first kappa shape index (κ1) is 28.7. The summed E-state index contributed by atoms with van der Waals surface area (Å²) in [6, 6.07) is 14.7. The number of rotatable bonds is 10. The molecule has 0 saturated heterocycles. The second-order valence-electron chi connectivity index (χ2n) is 10.3. The fourth-order valence-corrected chi connectivity index (χ4v) is 3.97. The average molecular weight is 522 g/mol. The van der Waals surface area contributed by atoms with E-state index in [0.29, 0.717) is 36.8 Å². The molecule has 0 aliphatic carbocycles. The van der Waals surface area contributed by atoms with Gasteiger partial charge in [0.05, 0.1) is 18.5 Å². The Morgan fingerprint density at radius 3 is 2.45 bits per heavy atom. The van der Waals surface area contributed by atoms with Crippen molar-refractivity contribution in [2.45, 2.75) is 46.5 Å². The molecule has 0 bridgehead atoms. The predicted molar refractivity (Wildman–Crippen MR) is 150 cm³/mol. The summed E-state index contributed by atoms with van der Waals surface area (Å²) >= 11 is 0. The molecule has 2 N–H and O–H groups in total. The average Bonchev–Trinajstić information content (AvgIpc) is 3.27. The van der Waals surface area contributed by atoms with Crippen LogP contribution in [0.1, 0.15) is 44.0 Å². The van der Waals surface area contributed by atoms with Gasteiger partial charge in [0.1, 0.15) is 18.1 Å². The first-order chi connectivity index (χ1) is 18.0. The van der Waals surface area contributed by atoms with Crippen LogP contribution in [0.2, 0.25) is 0 Å². The summed E-state index contributed by atoms with van der Waals surface area (Å²) in [4.78, 5) is 27.9. The van der Waals surface area contributed by atoms with E-state index in [2.05, 4.69) is 37.5 Å². The topological polar surface area (TPSA) is 97.7 Å². The minimum Gasteiger partial charge on any atom is -0.497 e.